The smallest absolute Gasteiger partial charge is 0.244 e. The Kier molecular flexibility index (Phi) is 9.09. The Morgan fingerprint density at radius 3 is 2.16 bits per heavy atom. The summed E-state index contributed by atoms with van der Waals surface area (Å²) in [6.07, 6.45) is 1.79. The van der Waals surface area contributed by atoms with E-state index >= 15 is 0 Å². The number of amides is 2. The van der Waals surface area contributed by atoms with E-state index in [0.717, 1.165) is 22.5 Å². The van der Waals surface area contributed by atoms with Gasteiger partial charge < -0.3 is 10.2 Å². The Morgan fingerprint density at radius 2 is 1.62 bits per heavy atom. The maximum absolute atomic E-state index is 13.4. The lowest BCUT2D eigenvalue weighted by atomic mass is 10.1. The number of benzene rings is 2. The van der Waals surface area contributed by atoms with E-state index in [0.29, 0.717) is 10.7 Å². The molecule has 0 unspecified atom stereocenters. The molecule has 0 fully saturated rings. The third kappa shape index (κ3) is 7.24. The molecule has 0 bridgehead atoms. The van der Waals surface area contributed by atoms with Crippen molar-refractivity contribution < 1.29 is 18.0 Å². The molecule has 0 aromatic heterocycles. The predicted molar refractivity (Wildman–Crippen MR) is 128 cm³/mol. The molecule has 0 saturated carbocycles. The zero-order valence-corrected chi connectivity index (χ0v) is 20.4. The predicted octanol–water partition coefficient (Wildman–Crippen LogP) is 3.44. The Balaban J connectivity index is 2.34. The fourth-order valence-corrected chi connectivity index (χ4v) is 4.02. The average Bonchev–Trinajstić information content (AvgIpc) is 2.75. The molecular weight excluding hydrogens is 450 g/mol. The lowest BCUT2D eigenvalue weighted by Crippen LogP contribution is -2.52. The summed E-state index contributed by atoms with van der Waals surface area (Å²) in [5.74, 6) is -0.776. The fourth-order valence-electron chi connectivity index (χ4n) is 3.05. The molecule has 0 spiro atoms. The summed E-state index contributed by atoms with van der Waals surface area (Å²) in [6, 6.07) is 14.6. The second-order valence-electron chi connectivity index (χ2n) is 7.75. The first-order chi connectivity index (χ1) is 15.0. The SMILES string of the molecule is CC[C@@H](C)NC(=O)[C@@H](C)N(Cc1ccccc1)C(=O)CN(c1ccc(Cl)cc1)S(C)(=O)=O. The number of nitrogens with one attached hydrogen (secondary N) is 1. The summed E-state index contributed by atoms with van der Waals surface area (Å²) in [5, 5.41) is 3.35. The molecule has 32 heavy (non-hydrogen) atoms. The van der Waals surface area contributed by atoms with Crippen molar-refractivity contribution in [3.05, 3.63) is 65.2 Å². The van der Waals surface area contributed by atoms with E-state index < -0.39 is 28.5 Å². The third-order valence-corrected chi connectivity index (χ3v) is 6.55. The first-order valence-electron chi connectivity index (χ1n) is 10.4. The van der Waals surface area contributed by atoms with Crippen molar-refractivity contribution >= 4 is 39.1 Å². The molecule has 0 aliphatic heterocycles. The van der Waals surface area contributed by atoms with Gasteiger partial charge in [0.05, 0.1) is 11.9 Å². The van der Waals surface area contributed by atoms with Crippen molar-refractivity contribution in [3.63, 3.8) is 0 Å². The molecule has 2 amide bonds. The van der Waals surface area contributed by atoms with Crippen molar-refractivity contribution in [1.29, 1.82) is 0 Å². The van der Waals surface area contributed by atoms with Crippen LogP contribution in [0.4, 0.5) is 5.69 Å². The summed E-state index contributed by atoms with van der Waals surface area (Å²) in [4.78, 5) is 27.6. The van der Waals surface area contributed by atoms with E-state index in [9.17, 15) is 18.0 Å². The first kappa shape index (κ1) is 25.7. The summed E-state index contributed by atoms with van der Waals surface area (Å²) >= 11 is 5.92. The molecular formula is C23H30ClN3O4S. The molecule has 0 heterocycles. The molecule has 174 valence electrons. The maximum Gasteiger partial charge on any atom is 0.244 e. The van der Waals surface area contributed by atoms with Gasteiger partial charge in [-0.05, 0) is 50.1 Å². The van der Waals surface area contributed by atoms with E-state index in [-0.39, 0.29) is 18.5 Å². The normalized spacial score (nSPS) is 13.2. The first-order valence-corrected chi connectivity index (χ1v) is 12.6. The number of sulfonamides is 1. The highest BCUT2D eigenvalue weighted by Gasteiger charge is 2.30. The molecule has 0 radical (unpaired) electrons. The number of carbonyl (C=O) groups excluding carboxylic acids is 2. The highest BCUT2D eigenvalue weighted by molar-refractivity contribution is 7.92. The molecule has 2 rings (SSSR count). The van der Waals surface area contributed by atoms with Gasteiger partial charge in [-0.15, -0.1) is 0 Å². The minimum Gasteiger partial charge on any atom is -0.352 e. The van der Waals surface area contributed by atoms with Crippen LogP contribution in [0.2, 0.25) is 5.02 Å². The van der Waals surface area contributed by atoms with E-state index in [1.165, 1.54) is 17.0 Å². The Labute approximate surface area is 195 Å². The van der Waals surface area contributed by atoms with Crippen molar-refractivity contribution in [2.75, 3.05) is 17.1 Å². The highest BCUT2D eigenvalue weighted by atomic mass is 35.5. The van der Waals surface area contributed by atoms with E-state index in [4.69, 9.17) is 11.6 Å². The zero-order valence-electron chi connectivity index (χ0n) is 18.8. The second-order valence-corrected chi connectivity index (χ2v) is 10.1. The summed E-state index contributed by atoms with van der Waals surface area (Å²) in [7, 11) is -3.76. The molecule has 2 aromatic carbocycles. The molecule has 2 atom stereocenters. The largest absolute Gasteiger partial charge is 0.352 e. The molecule has 2 aromatic rings. The van der Waals surface area contributed by atoms with Gasteiger partial charge in [0.15, 0.2) is 0 Å². The molecule has 1 N–H and O–H groups in total. The lowest BCUT2D eigenvalue weighted by Gasteiger charge is -2.32. The number of hydrogen-bond donors (Lipinski definition) is 1. The van der Waals surface area contributed by atoms with Gasteiger partial charge >= 0.3 is 0 Å². The van der Waals surface area contributed by atoms with Crippen LogP contribution in [0.15, 0.2) is 54.6 Å². The van der Waals surface area contributed by atoms with Crippen LogP contribution in [-0.2, 0) is 26.2 Å². The van der Waals surface area contributed by atoms with Gasteiger partial charge in [-0.3, -0.25) is 13.9 Å². The van der Waals surface area contributed by atoms with Crippen molar-refractivity contribution in [1.82, 2.24) is 10.2 Å². The number of carbonyl (C=O) groups is 2. The van der Waals surface area contributed by atoms with Gasteiger partial charge in [0.2, 0.25) is 21.8 Å². The monoisotopic (exact) mass is 479 g/mol. The Morgan fingerprint density at radius 1 is 1.03 bits per heavy atom. The fraction of sp³-hybridized carbons (Fsp3) is 0.391. The summed E-state index contributed by atoms with van der Waals surface area (Å²) in [5.41, 5.74) is 1.16. The molecule has 7 nitrogen and oxygen atoms in total. The lowest BCUT2D eigenvalue weighted by molar-refractivity contribution is -0.139. The maximum atomic E-state index is 13.4. The van der Waals surface area contributed by atoms with Crippen LogP contribution in [0.3, 0.4) is 0 Å². The number of rotatable bonds is 10. The standard InChI is InChI=1S/C23H30ClN3O4S/c1-5-17(2)25-23(29)18(3)26(15-19-9-7-6-8-10-19)22(28)16-27(32(4,30)31)21-13-11-20(24)12-14-21/h6-14,17-18H,5,15-16H2,1-4H3,(H,25,29)/t17-,18-/m1/s1. The van der Waals surface area contributed by atoms with Gasteiger partial charge in [0.25, 0.3) is 0 Å². The van der Waals surface area contributed by atoms with Crippen LogP contribution in [-0.4, -0.2) is 50.0 Å². The van der Waals surface area contributed by atoms with Crippen molar-refractivity contribution in [3.8, 4) is 0 Å². The van der Waals surface area contributed by atoms with Crippen LogP contribution in [0.25, 0.3) is 0 Å². The number of halogens is 1. The minimum atomic E-state index is -3.76. The van der Waals surface area contributed by atoms with E-state index in [1.54, 1.807) is 19.1 Å². The number of anilines is 1. The van der Waals surface area contributed by atoms with Gasteiger partial charge in [0, 0.05) is 17.6 Å². The highest BCUT2D eigenvalue weighted by Crippen LogP contribution is 2.21. The molecule has 0 aliphatic carbocycles. The van der Waals surface area contributed by atoms with Crippen molar-refractivity contribution in [2.24, 2.45) is 0 Å². The topological polar surface area (TPSA) is 86.8 Å². The van der Waals surface area contributed by atoms with Crippen LogP contribution in [0.5, 0.6) is 0 Å². The van der Waals surface area contributed by atoms with Gasteiger partial charge in [-0.1, -0.05) is 48.9 Å². The zero-order chi connectivity index (χ0) is 23.9. The third-order valence-electron chi connectivity index (χ3n) is 5.16. The van der Waals surface area contributed by atoms with Gasteiger partial charge in [-0.2, -0.15) is 0 Å². The van der Waals surface area contributed by atoms with Crippen molar-refractivity contribution in [2.45, 2.75) is 45.8 Å². The van der Waals surface area contributed by atoms with Gasteiger partial charge in [-0.25, -0.2) is 8.42 Å². The molecule has 0 saturated heterocycles. The number of hydrogen-bond acceptors (Lipinski definition) is 4. The average molecular weight is 480 g/mol. The van der Waals surface area contributed by atoms with Crippen LogP contribution in [0, 0.1) is 0 Å². The summed E-state index contributed by atoms with van der Waals surface area (Å²) in [6.45, 7) is 5.23. The number of nitrogens with zero attached hydrogens (tertiary/aromatic N) is 2. The van der Waals surface area contributed by atoms with E-state index in [2.05, 4.69) is 5.32 Å². The Hall–Kier alpha value is -2.58. The second kappa shape index (κ2) is 11.3. The molecule has 0 aliphatic rings. The van der Waals surface area contributed by atoms with Crippen LogP contribution < -0.4 is 9.62 Å². The quantitative estimate of drug-likeness (QED) is 0.565. The van der Waals surface area contributed by atoms with E-state index in [1.807, 2.05) is 44.2 Å². The minimum absolute atomic E-state index is 0.0415. The summed E-state index contributed by atoms with van der Waals surface area (Å²) < 4.78 is 25.9. The molecule has 9 heteroatoms. The van der Waals surface area contributed by atoms with Crippen LogP contribution in [0.1, 0.15) is 32.8 Å². The van der Waals surface area contributed by atoms with Crippen LogP contribution >= 0.6 is 11.6 Å². The Bertz CT molecular complexity index is 1010. The van der Waals surface area contributed by atoms with Gasteiger partial charge in [0.1, 0.15) is 12.6 Å².